The van der Waals surface area contributed by atoms with Gasteiger partial charge in [-0.25, -0.2) is 31.3 Å². The molecule has 2 aromatic rings. The third-order valence-corrected chi connectivity index (χ3v) is 5.78. The van der Waals surface area contributed by atoms with E-state index in [0.29, 0.717) is 0 Å². The maximum absolute atomic E-state index is 15.3. The van der Waals surface area contributed by atoms with E-state index in [1.54, 1.807) is 0 Å². The molecular weight excluding hydrogens is 452 g/mol. The molecule has 1 aromatic heterocycles. The number of halogens is 6. The highest BCUT2D eigenvalue weighted by atomic mass is 19.3. The number of esters is 1. The number of nitrogens with one attached hydrogen (secondary N) is 1. The number of rotatable bonds is 6. The van der Waals surface area contributed by atoms with Crippen LogP contribution in [-0.2, 0) is 9.53 Å². The summed E-state index contributed by atoms with van der Waals surface area (Å²) < 4.78 is 88.0. The zero-order valence-corrected chi connectivity index (χ0v) is 18.5. The lowest BCUT2D eigenvalue weighted by molar-refractivity contribution is -0.160. The van der Waals surface area contributed by atoms with Crippen molar-refractivity contribution in [2.24, 2.45) is 11.7 Å². The molecule has 2 unspecified atom stereocenters. The van der Waals surface area contributed by atoms with Crippen LogP contribution in [0.5, 0.6) is 0 Å². The summed E-state index contributed by atoms with van der Waals surface area (Å²) in [6.45, 7) is 4.42. The van der Waals surface area contributed by atoms with Crippen LogP contribution in [0.15, 0.2) is 12.1 Å². The first-order valence-corrected chi connectivity index (χ1v) is 10.7. The molecule has 184 valence electrons. The van der Waals surface area contributed by atoms with Crippen LogP contribution in [0.1, 0.15) is 69.8 Å². The van der Waals surface area contributed by atoms with Crippen molar-refractivity contribution in [1.82, 2.24) is 9.97 Å². The maximum Gasteiger partial charge on any atom is 0.317 e. The fraction of sp³-hybridized carbons (Fsp3) is 0.636. The van der Waals surface area contributed by atoms with Crippen molar-refractivity contribution in [2.45, 2.75) is 82.5 Å². The number of carbonyl (C=O) groups excluding carboxylic acids is 1. The summed E-state index contributed by atoms with van der Waals surface area (Å²) in [5, 5.41) is 0. The van der Waals surface area contributed by atoms with E-state index < -0.39 is 53.4 Å². The molecule has 0 amide bonds. The third-order valence-electron chi connectivity index (χ3n) is 5.78. The maximum atomic E-state index is 15.3. The van der Waals surface area contributed by atoms with Crippen LogP contribution < -0.4 is 5.73 Å². The molecule has 3 atom stereocenters. The number of nitrogens with two attached hydrogens (primary N) is 1. The Hall–Kier alpha value is -2.30. The van der Waals surface area contributed by atoms with Crippen molar-refractivity contribution in [3.8, 4) is 0 Å². The van der Waals surface area contributed by atoms with Gasteiger partial charge in [-0.3, -0.25) is 4.79 Å². The molecule has 1 aliphatic carbocycles. The monoisotopic (exact) mass is 479 g/mol. The second-order valence-corrected chi connectivity index (χ2v) is 9.50. The van der Waals surface area contributed by atoms with E-state index in [0.717, 1.165) is 6.07 Å². The molecule has 0 saturated heterocycles. The number of imidazole rings is 1. The molecule has 0 radical (unpaired) electrons. The highest BCUT2D eigenvalue weighted by Crippen LogP contribution is 2.41. The van der Waals surface area contributed by atoms with E-state index in [2.05, 4.69) is 9.97 Å². The van der Waals surface area contributed by atoms with Crippen LogP contribution in [0.4, 0.5) is 26.3 Å². The lowest BCUT2D eigenvalue weighted by Crippen LogP contribution is -2.35. The lowest BCUT2D eigenvalue weighted by Gasteiger charge is -2.31. The van der Waals surface area contributed by atoms with Crippen LogP contribution in [-0.4, -0.2) is 40.1 Å². The first-order chi connectivity index (χ1) is 15.2. The number of aromatic amines is 1. The first kappa shape index (κ1) is 25.3. The van der Waals surface area contributed by atoms with Gasteiger partial charge in [0.1, 0.15) is 22.9 Å². The molecule has 0 spiro atoms. The zero-order valence-electron chi connectivity index (χ0n) is 18.5. The normalized spacial score (nSPS) is 20.1. The van der Waals surface area contributed by atoms with Crippen LogP contribution >= 0.6 is 0 Å². The summed E-state index contributed by atoms with van der Waals surface area (Å²) in [5.74, 6) is -7.61. The second-order valence-electron chi connectivity index (χ2n) is 9.50. The highest BCUT2D eigenvalue weighted by Gasteiger charge is 2.42. The van der Waals surface area contributed by atoms with E-state index in [-0.39, 0.29) is 48.5 Å². The van der Waals surface area contributed by atoms with Gasteiger partial charge in [0.2, 0.25) is 5.92 Å². The minimum absolute atomic E-state index is 0.135. The smallest absolute Gasteiger partial charge is 0.317 e. The second kappa shape index (κ2) is 9.15. The lowest BCUT2D eigenvalue weighted by atomic mass is 9.82. The largest absolute Gasteiger partial charge is 0.459 e. The summed E-state index contributed by atoms with van der Waals surface area (Å²) in [6, 6.07) is 1.52. The van der Waals surface area contributed by atoms with Crippen molar-refractivity contribution in [1.29, 1.82) is 0 Å². The van der Waals surface area contributed by atoms with Crippen LogP contribution in [0.25, 0.3) is 11.0 Å². The predicted molar refractivity (Wildman–Crippen MR) is 109 cm³/mol. The summed E-state index contributed by atoms with van der Waals surface area (Å²) in [5.41, 5.74) is 4.29. The summed E-state index contributed by atoms with van der Waals surface area (Å²) in [6.07, 6.45) is -6.85. The van der Waals surface area contributed by atoms with Gasteiger partial charge in [-0.15, -0.1) is 0 Å². The molecule has 1 saturated carbocycles. The van der Waals surface area contributed by atoms with Crippen LogP contribution in [0, 0.1) is 11.7 Å². The fourth-order valence-corrected chi connectivity index (χ4v) is 4.06. The molecule has 33 heavy (non-hydrogen) atoms. The van der Waals surface area contributed by atoms with Gasteiger partial charge in [-0.05, 0) is 45.6 Å². The van der Waals surface area contributed by atoms with Crippen molar-refractivity contribution < 1.29 is 35.9 Å². The number of fused-ring (bicyclic) bond motifs is 1. The molecule has 1 fully saturated rings. The zero-order chi connectivity index (χ0) is 24.7. The number of benzene rings is 1. The van der Waals surface area contributed by atoms with Crippen molar-refractivity contribution in [3.63, 3.8) is 0 Å². The fourth-order valence-electron chi connectivity index (χ4n) is 4.06. The van der Waals surface area contributed by atoms with Crippen LogP contribution in [0.2, 0.25) is 0 Å². The first-order valence-electron chi connectivity index (χ1n) is 10.7. The van der Waals surface area contributed by atoms with Gasteiger partial charge < -0.3 is 15.5 Å². The topological polar surface area (TPSA) is 81.0 Å². The quantitative estimate of drug-likeness (QED) is 0.420. The van der Waals surface area contributed by atoms with Gasteiger partial charge in [-0.1, -0.05) is 6.07 Å². The van der Waals surface area contributed by atoms with Crippen molar-refractivity contribution >= 4 is 17.0 Å². The van der Waals surface area contributed by atoms with Gasteiger partial charge in [-0.2, -0.15) is 0 Å². The molecule has 1 heterocycles. The highest BCUT2D eigenvalue weighted by molar-refractivity contribution is 5.83. The molecular formula is C22H27F6N3O2. The minimum atomic E-state index is -3.55. The third kappa shape index (κ3) is 5.62. The molecule has 0 aliphatic heterocycles. The van der Waals surface area contributed by atoms with Crippen molar-refractivity contribution in [3.05, 3.63) is 29.3 Å². The summed E-state index contributed by atoms with van der Waals surface area (Å²) >= 11 is 0. The number of ether oxygens (including phenoxy) is 1. The predicted octanol–water partition coefficient (Wildman–Crippen LogP) is 5.56. The summed E-state index contributed by atoms with van der Waals surface area (Å²) in [4.78, 5) is 19.4. The number of alkyl halides is 5. The molecule has 11 heteroatoms. The minimum Gasteiger partial charge on any atom is -0.459 e. The molecule has 3 rings (SSSR count). The van der Waals surface area contributed by atoms with E-state index in [9.17, 15) is 26.7 Å². The Bertz CT molecular complexity index is 994. The SMILES string of the molecule is CC(C)(C)OC(=O)C(c1ccc2[nH]c([C@@H](N)C3CCC(F)(F)CC3)nc2c1F)C(F)C(F)F. The summed E-state index contributed by atoms with van der Waals surface area (Å²) in [7, 11) is 0. The number of nitrogens with zero attached hydrogens (tertiary/aromatic N) is 1. The van der Waals surface area contributed by atoms with Gasteiger partial charge in [0.25, 0.3) is 6.43 Å². The van der Waals surface area contributed by atoms with Gasteiger partial charge >= 0.3 is 5.97 Å². The Morgan fingerprint density at radius 3 is 2.36 bits per heavy atom. The molecule has 1 aliphatic rings. The molecule has 0 bridgehead atoms. The molecule has 1 aromatic carbocycles. The average molecular weight is 479 g/mol. The Morgan fingerprint density at radius 2 is 1.82 bits per heavy atom. The Labute approximate surface area is 187 Å². The Morgan fingerprint density at radius 1 is 1.21 bits per heavy atom. The Balaban J connectivity index is 1.95. The number of carbonyl (C=O) groups is 1. The van der Waals surface area contributed by atoms with E-state index >= 15 is 4.39 Å². The van der Waals surface area contributed by atoms with Crippen LogP contribution in [0.3, 0.4) is 0 Å². The number of aromatic nitrogens is 2. The standard InChI is InChI=1S/C22H27F6N3O2/c1-21(2,3)33-20(32)13(15(24)18(25)26)11-4-5-12-17(14(11)23)31-19(30-12)16(29)10-6-8-22(27,28)9-7-10/h4-5,10,13,15-16,18H,6-9,29H2,1-3H3,(H,30,31)/t13?,15?,16-/m0/s1. The van der Waals surface area contributed by atoms with Gasteiger partial charge in [0.15, 0.2) is 12.0 Å². The van der Waals surface area contributed by atoms with E-state index in [1.165, 1.54) is 26.8 Å². The molecule has 5 nitrogen and oxygen atoms in total. The number of hydrogen-bond acceptors (Lipinski definition) is 4. The Kier molecular flexibility index (Phi) is 7.02. The number of H-pyrrole nitrogens is 1. The molecule has 3 N–H and O–H groups in total. The van der Waals surface area contributed by atoms with Gasteiger partial charge in [0, 0.05) is 18.4 Å². The van der Waals surface area contributed by atoms with Crippen molar-refractivity contribution in [2.75, 3.05) is 0 Å². The van der Waals surface area contributed by atoms with E-state index in [4.69, 9.17) is 10.5 Å². The number of hydrogen-bond donors (Lipinski definition) is 2. The van der Waals surface area contributed by atoms with Gasteiger partial charge in [0.05, 0.1) is 11.6 Å². The average Bonchev–Trinajstić information content (AvgIpc) is 3.13. The van der Waals surface area contributed by atoms with E-state index in [1.807, 2.05) is 0 Å².